The number of aliphatic hydroxyl groups is 8. The maximum Gasteiger partial charge on any atom is 0.295 e. The molecule has 0 spiro atoms. The number of amides is 2. The predicted octanol–water partition coefficient (Wildman–Crippen LogP) is -5.89. The van der Waals surface area contributed by atoms with Crippen molar-refractivity contribution in [3.8, 4) is 0 Å². The third-order valence-electron chi connectivity index (χ3n) is 9.63. The molecular weight excluding hydrogens is 732 g/mol. The van der Waals surface area contributed by atoms with Gasteiger partial charge in [0.05, 0.1) is 43.6 Å². The molecule has 4 saturated heterocycles. The van der Waals surface area contributed by atoms with E-state index in [0.29, 0.717) is 0 Å². The SMILES string of the molecule is CO[C@@H]1C(C)O[C@@H](OC2[C@@H](O)C(CO)O[C@@H](C)[C@H]2NC(C)=O)[C@@H](O)C1O.CO[C@@H]1C(OC=O)O[C@@H](OC2[C@@H](O)C(CO)O[C@@H](C)[C@H]2NC(C)=O)[C@@H](O)C1O. The number of aliphatic hydroxyl groups excluding tert-OH is 8. The zero-order valence-corrected chi connectivity index (χ0v) is 31.0. The van der Waals surface area contributed by atoms with E-state index in [0.717, 1.165) is 0 Å². The molecule has 0 aromatic carbocycles. The molecule has 2 amide bonds. The Balaban J connectivity index is 0.000000291. The summed E-state index contributed by atoms with van der Waals surface area (Å²) < 4.78 is 48.3. The molecule has 54 heavy (non-hydrogen) atoms. The molecule has 0 bridgehead atoms. The topological polar surface area (TPSA) is 320 Å². The van der Waals surface area contributed by atoms with Gasteiger partial charge >= 0.3 is 0 Å². The van der Waals surface area contributed by atoms with E-state index < -0.39 is 142 Å². The Hall–Kier alpha value is -2.23. The smallest absolute Gasteiger partial charge is 0.295 e. The van der Waals surface area contributed by atoms with Crippen molar-refractivity contribution in [2.45, 2.75) is 157 Å². The molecule has 4 aliphatic rings. The van der Waals surface area contributed by atoms with Gasteiger partial charge in [0, 0.05) is 28.1 Å². The normalized spacial score (nSPS) is 45.3. The Kier molecular flexibility index (Phi) is 17.8. The van der Waals surface area contributed by atoms with Crippen LogP contribution in [-0.4, -0.2) is 209 Å². The lowest BCUT2D eigenvalue weighted by Crippen LogP contribution is -2.67. The number of rotatable bonds is 12. The summed E-state index contributed by atoms with van der Waals surface area (Å²) in [7, 11) is 2.62. The monoisotopic (exact) mass is 788 g/mol. The third-order valence-corrected chi connectivity index (χ3v) is 9.63. The van der Waals surface area contributed by atoms with Gasteiger partial charge in [-0.3, -0.25) is 14.4 Å². The molecule has 10 N–H and O–H groups in total. The lowest BCUT2D eigenvalue weighted by molar-refractivity contribution is -0.362. The van der Waals surface area contributed by atoms with E-state index in [1.54, 1.807) is 20.8 Å². The summed E-state index contributed by atoms with van der Waals surface area (Å²) in [6.45, 7) is 6.64. The van der Waals surface area contributed by atoms with Gasteiger partial charge in [-0.15, -0.1) is 0 Å². The van der Waals surface area contributed by atoms with E-state index in [1.165, 1.54) is 28.1 Å². The lowest BCUT2D eigenvalue weighted by atomic mass is 9.92. The Morgan fingerprint density at radius 2 is 0.981 bits per heavy atom. The van der Waals surface area contributed by atoms with Gasteiger partial charge in [-0.25, -0.2) is 0 Å². The largest absolute Gasteiger partial charge is 0.435 e. The van der Waals surface area contributed by atoms with E-state index in [4.69, 9.17) is 42.6 Å². The minimum Gasteiger partial charge on any atom is -0.435 e. The van der Waals surface area contributed by atoms with E-state index in [1.807, 2.05) is 0 Å². The quantitative estimate of drug-likeness (QED) is 0.0823. The number of hydrogen-bond donors (Lipinski definition) is 10. The van der Waals surface area contributed by atoms with E-state index in [2.05, 4.69) is 10.6 Å². The molecule has 22 nitrogen and oxygen atoms in total. The van der Waals surface area contributed by atoms with Crippen molar-refractivity contribution in [3.05, 3.63) is 0 Å². The van der Waals surface area contributed by atoms with Gasteiger partial charge in [0.25, 0.3) is 6.47 Å². The minimum atomic E-state index is -1.62. The summed E-state index contributed by atoms with van der Waals surface area (Å²) in [5, 5.41) is 86.1. The van der Waals surface area contributed by atoms with Crippen molar-refractivity contribution in [2.75, 3.05) is 27.4 Å². The predicted molar refractivity (Wildman–Crippen MR) is 176 cm³/mol. The highest BCUT2D eigenvalue weighted by atomic mass is 16.8. The van der Waals surface area contributed by atoms with Crippen molar-refractivity contribution in [3.63, 3.8) is 0 Å². The number of nitrogens with one attached hydrogen (secondary N) is 2. The van der Waals surface area contributed by atoms with Crippen molar-refractivity contribution in [1.82, 2.24) is 10.6 Å². The third kappa shape index (κ3) is 10.8. The van der Waals surface area contributed by atoms with Crippen LogP contribution in [0.25, 0.3) is 0 Å². The summed E-state index contributed by atoms with van der Waals surface area (Å²) in [4.78, 5) is 33.7. The molecule has 8 unspecified atom stereocenters. The van der Waals surface area contributed by atoms with Crippen LogP contribution in [0, 0.1) is 0 Å². The first kappa shape index (κ1) is 46.2. The second kappa shape index (κ2) is 20.8. The van der Waals surface area contributed by atoms with Crippen LogP contribution in [0.3, 0.4) is 0 Å². The molecule has 4 aliphatic heterocycles. The summed E-state index contributed by atoms with van der Waals surface area (Å²) in [6, 6.07) is -1.59. The maximum atomic E-state index is 11.5. The van der Waals surface area contributed by atoms with Gasteiger partial charge in [-0.05, 0) is 20.8 Å². The van der Waals surface area contributed by atoms with Gasteiger partial charge in [0.15, 0.2) is 12.6 Å². The fourth-order valence-corrected chi connectivity index (χ4v) is 6.85. The Morgan fingerprint density at radius 3 is 1.35 bits per heavy atom. The zero-order valence-electron chi connectivity index (χ0n) is 31.0. The Labute approximate surface area is 311 Å². The molecule has 0 aromatic heterocycles. The fraction of sp³-hybridized carbons (Fsp3) is 0.906. The van der Waals surface area contributed by atoms with Crippen LogP contribution < -0.4 is 10.6 Å². The second-order valence-corrected chi connectivity index (χ2v) is 13.4. The molecule has 4 rings (SSSR count). The van der Waals surface area contributed by atoms with Crippen LogP contribution in [0.5, 0.6) is 0 Å². The second-order valence-electron chi connectivity index (χ2n) is 13.4. The standard InChI is InChI=1S/C16H27NO11.C16H29NO9/c1-6-9(17-7(2)20)13(10(21)8(4-18)26-6)27-15-12(23)11(22)14(24-3)16(28-15)25-5-19;1-6-10(17-8(3)19)15(11(20)9(5-18)24-6)26-16-13(22)12(21)14(23-4)7(2)25-16/h5-6,8-16,18,21-23H,4H2,1-3H3,(H,17,20);6-7,9-16,18,20-22H,5H2,1-4H3,(H,17,19)/t6-,8?,9+,10-,11?,12-,13?,14-,15+,16?;6-,7?,9?,10+,11-,12?,13-,14+,15?,16-/m00/s1. The summed E-state index contributed by atoms with van der Waals surface area (Å²) in [5.74, 6) is -0.776. The lowest BCUT2D eigenvalue weighted by Gasteiger charge is -2.47. The van der Waals surface area contributed by atoms with Crippen molar-refractivity contribution < 1.29 is 97.9 Å². The highest BCUT2D eigenvalue weighted by Gasteiger charge is 2.52. The highest BCUT2D eigenvalue weighted by molar-refractivity contribution is 5.73. The molecular formula is C32H56N2O20. The van der Waals surface area contributed by atoms with Crippen molar-refractivity contribution in [1.29, 1.82) is 0 Å². The molecule has 0 aliphatic carbocycles. The van der Waals surface area contributed by atoms with Crippen LogP contribution in [-0.2, 0) is 57.0 Å². The van der Waals surface area contributed by atoms with Crippen LogP contribution >= 0.6 is 0 Å². The zero-order chi connectivity index (χ0) is 40.6. The van der Waals surface area contributed by atoms with Crippen LogP contribution in [0.1, 0.15) is 34.6 Å². The van der Waals surface area contributed by atoms with Crippen LogP contribution in [0.2, 0.25) is 0 Å². The Bertz CT molecular complexity index is 1190. The molecule has 4 fully saturated rings. The summed E-state index contributed by atoms with van der Waals surface area (Å²) >= 11 is 0. The summed E-state index contributed by atoms with van der Waals surface area (Å²) in [5.41, 5.74) is 0. The maximum absolute atomic E-state index is 11.5. The number of hydrogen-bond acceptors (Lipinski definition) is 20. The Morgan fingerprint density at radius 1 is 0.574 bits per heavy atom. The first-order chi connectivity index (χ1) is 25.4. The number of ether oxygens (including phenoxy) is 9. The first-order valence-electron chi connectivity index (χ1n) is 17.4. The summed E-state index contributed by atoms with van der Waals surface area (Å²) in [6.07, 6.45) is -20.5. The van der Waals surface area contributed by atoms with Crippen LogP contribution in [0.4, 0.5) is 0 Å². The van der Waals surface area contributed by atoms with Gasteiger partial charge in [0.2, 0.25) is 18.1 Å². The van der Waals surface area contributed by atoms with Gasteiger partial charge in [-0.2, -0.15) is 0 Å². The molecule has 20 atom stereocenters. The molecule has 314 valence electrons. The first-order valence-corrected chi connectivity index (χ1v) is 17.4. The van der Waals surface area contributed by atoms with E-state index >= 15 is 0 Å². The molecule has 0 saturated carbocycles. The minimum absolute atomic E-state index is 0.0887. The van der Waals surface area contributed by atoms with Crippen molar-refractivity contribution >= 4 is 18.3 Å². The molecule has 0 radical (unpaired) electrons. The van der Waals surface area contributed by atoms with Gasteiger partial charge in [-0.1, -0.05) is 0 Å². The number of methoxy groups -OCH3 is 2. The highest BCUT2D eigenvalue weighted by Crippen LogP contribution is 2.31. The molecule has 4 heterocycles. The average Bonchev–Trinajstić information content (AvgIpc) is 3.11. The number of carbonyl (C=O) groups is 3. The number of carbonyl (C=O) groups excluding carboxylic acids is 3. The van der Waals surface area contributed by atoms with Crippen LogP contribution in [0.15, 0.2) is 0 Å². The fourth-order valence-electron chi connectivity index (χ4n) is 6.85. The molecule has 22 heteroatoms. The van der Waals surface area contributed by atoms with Gasteiger partial charge < -0.3 is 94.1 Å². The van der Waals surface area contributed by atoms with Crippen molar-refractivity contribution in [2.24, 2.45) is 0 Å². The average molecular weight is 789 g/mol. The van der Waals surface area contributed by atoms with E-state index in [-0.39, 0.29) is 12.4 Å². The van der Waals surface area contributed by atoms with E-state index in [9.17, 15) is 55.2 Å². The van der Waals surface area contributed by atoms with Gasteiger partial charge in [0.1, 0.15) is 73.2 Å². The molecule has 0 aromatic rings.